The van der Waals surface area contributed by atoms with Gasteiger partial charge in [0.1, 0.15) is 23.7 Å². The summed E-state index contributed by atoms with van der Waals surface area (Å²) in [6.45, 7) is 2.93. The van der Waals surface area contributed by atoms with E-state index < -0.39 is 46.1 Å². The number of rotatable bonds is 5. The van der Waals surface area contributed by atoms with Gasteiger partial charge in [-0.25, -0.2) is 8.42 Å². The van der Waals surface area contributed by atoms with Crippen molar-refractivity contribution >= 4 is 16.0 Å². The number of nitrogens with zero attached hydrogens (tertiary/aromatic N) is 1. The Morgan fingerprint density at radius 1 is 1.03 bits per heavy atom. The van der Waals surface area contributed by atoms with Crippen LogP contribution in [0, 0.1) is 0 Å². The topological polar surface area (TPSA) is 112 Å². The lowest BCUT2D eigenvalue weighted by Crippen LogP contribution is -2.64. The monoisotopic (exact) mass is 463 g/mol. The van der Waals surface area contributed by atoms with Crippen LogP contribution in [0.3, 0.4) is 0 Å². The third-order valence-corrected chi connectivity index (χ3v) is 7.24. The normalized spacial score (nSPS) is 27.5. The number of aliphatic hydroxyl groups excluding tert-OH is 1. The fourth-order valence-corrected chi connectivity index (χ4v) is 5.59. The molecule has 0 bridgehead atoms. The van der Waals surface area contributed by atoms with Crippen molar-refractivity contribution in [2.75, 3.05) is 13.7 Å². The van der Waals surface area contributed by atoms with Crippen molar-refractivity contribution in [3.8, 4) is 11.5 Å². The average molecular weight is 464 g/mol. The molecule has 2 aliphatic rings. The maximum Gasteiger partial charge on any atom is 0.327 e. The second-order valence-electron chi connectivity index (χ2n) is 8.06. The molecule has 9 nitrogen and oxygen atoms in total. The zero-order valence-corrected chi connectivity index (χ0v) is 18.7. The highest BCUT2D eigenvalue weighted by atomic mass is 32.2. The molecular weight excluding hydrogens is 438 g/mol. The summed E-state index contributed by atoms with van der Waals surface area (Å²) in [6, 6.07) is 13.6. The van der Waals surface area contributed by atoms with Crippen molar-refractivity contribution in [3.05, 3.63) is 54.6 Å². The number of sulfonamides is 1. The van der Waals surface area contributed by atoms with Crippen molar-refractivity contribution < 1.29 is 37.3 Å². The number of carbonyl (C=O) groups excluding carboxylic acids is 1. The first-order valence-electron chi connectivity index (χ1n) is 10.1. The van der Waals surface area contributed by atoms with Gasteiger partial charge in [-0.1, -0.05) is 18.2 Å². The molecule has 0 unspecified atom stereocenters. The predicted molar refractivity (Wildman–Crippen MR) is 112 cm³/mol. The van der Waals surface area contributed by atoms with E-state index in [1.807, 2.05) is 18.2 Å². The Balaban J connectivity index is 1.63. The van der Waals surface area contributed by atoms with Crippen LogP contribution in [-0.4, -0.2) is 67.6 Å². The zero-order chi connectivity index (χ0) is 23.1. The minimum Gasteiger partial charge on any atom is -0.468 e. The molecule has 1 N–H and O–H groups in total. The largest absolute Gasteiger partial charge is 0.468 e. The van der Waals surface area contributed by atoms with E-state index in [9.17, 15) is 18.3 Å². The summed E-state index contributed by atoms with van der Waals surface area (Å²) in [4.78, 5) is 12.5. The first kappa shape index (κ1) is 22.7. The van der Waals surface area contributed by atoms with Crippen LogP contribution < -0.4 is 4.74 Å². The van der Waals surface area contributed by atoms with E-state index in [4.69, 9.17) is 18.9 Å². The molecule has 0 amide bonds. The Hall–Kier alpha value is -2.50. The molecule has 2 aromatic rings. The number of ether oxygens (including phenoxy) is 4. The third kappa shape index (κ3) is 4.24. The molecule has 172 valence electrons. The van der Waals surface area contributed by atoms with Crippen molar-refractivity contribution in [2.45, 2.75) is 48.9 Å². The molecule has 4 rings (SSSR count). The van der Waals surface area contributed by atoms with Crippen molar-refractivity contribution in [1.29, 1.82) is 0 Å². The number of hydrogen-bond donors (Lipinski definition) is 1. The summed E-state index contributed by atoms with van der Waals surface area (Å²) in [5.74, 6) is -0.813. The number of fused-ring (bicyclic) bond motifs is 1. The molecule has 10 heteroatoms. The average Bonchev–Trinajstić information content (AvgIpc) is 3.10. The molecular formula is C22H25NO8S. The maximum atomic E-state index is 13.5. The number of aliphatic hydroxyl groups is 1. The summed E-state index contributed by atoms with van der Waals surface area (Å²) in [5, 5.41) is 10.6. The van der Waals surface area contributed by atoms with Gasteiger partial charge in [0, 0.05) is 6.54 Å². The van der Waals surface area contributed by atoms with Gasteiger partial charge < -0.3 is 24.1 Å². The zero-order valence-electron chi connectivity index (χ0n) is 17.9. The molecule has 0 radical (unpaired) electrons. The lowest BCUT2D eigenvalue weighted by atomic mass is 9.96. The van der Waals surface area contributed by atoms with E-state index in [-0.39, 0.29) is 11.4 Å². The number of β-amino-alcohol motifs (C(OH)–C–C–N with tert-alkyl or cyclic N) is 1. The van der Waals surface area contributed by atoms with Gasteiger partial charge in [-0.05, 0) is 50.2 Å². The molecule has 0 spiro atoms. The molecule has 32 heavy (non-hydrogen) atoms. The Labute approximate surface area is 186 Å². The number of methoxy groups -OCH3 is 1. The lowest BCUT2D eigenvalue weighted by molar-refractivity contribution is -0.160. The van der Waals surface area contributed by atoms with Crippen LogP contribution in [0.1, 0.15) is 13.8 Å². The van der Waals surface area contributed by atoms with Crippen molar-refractivity contribution in [1.82, 2.24) is 4.31 Å². The van der Waals surface area contributed by atoms with Crippen LogP contribution >= 0.6 is 0 Å². The van der Waals surface area contributed by atoms with Gasteiger partial charge >= 0.3 is 5.97 Å². The van der Waals surface area contributed by atoms with Crippen LogP contribution in [0.25, 0.3) is 0 Å². The van der Waals surface area contributed by atoms with Crippen LogP contribution in [0.5, 0.6) is 11.5 Å². The first-order chi connectivity index (χ1) is 15.1. The van der Waals surface area contributed by atoms with Crippen molar-refractivity contribution in [2.24, 2.45) is 0 Å². The number of hydrogen-bond acceptors (Lipinski definition) is 8. The minimum absolute atomic E-state index is 0.0596. The van der Waals surface area contributed by atoms with Crippen LogP contribution in [0.15, 0.2) is 59.5 Å². The number of esters is 1. The highest BCUT2D eigenvalue weighted by Crippen LogP contribution is 2.39. The van der Waals surface area contributed by atoms with Gasteiger partial charge in [0.15, 0.2) is 11.8 Å². The standard InChI is InChI=1S/C22H25NO8S/c1-22(2)30-19-17(24)13-23(18(20(19)31-22)21(25)28-3)32(26,27)16-11-9-15(10-12-16)29-14-7-5-4-6-8-14/h4-12,17-20,24H,13H2,1-3H3/t17-,18-,19-,20-/m1/s1. The number of piperidine rings is 1. The molecule has 4 atom stereocenters. The fraction of sp³-hybridized carbons (Fsp3) is 0.409. The highest BCUT2D eigenvalue weighted by Gasteiger charge is 2.58. The van der Waals surface area contributed by atoms with Crippen LogP contribution in [-0.2, 0) is 29.0 Å². The van der Waals surface area contributed by atoms with E-state index in [0.717, 1.165) is 4.31 Å². The Morgan fingerprint density at radius 3 is 2.25 bits per heavy atom. The summed E-state index contributed by atoms with van der Waals surface area (Å²) < 4.78 is 49.9. The van der Waals surface area contributed by atoms with Gasteiger partial charge in [0.25, 0.3) is 0 Å². The van der Waals surface area contributed by atoms with E-state index in [1.54, 1.807) is 26.0 Å². The quantitative estimate of drug-likeness (QED) is 0.670. The summed E-state index contributed by atoms with van der Waals surface area (Å²) >= 11 is 0. The molecule has 2 heterocycles. The number of benzene rings is 2. The second-order valence-corrected chi connectivity index (χ2v) is 9.95. The number of carbonyl (C=O) groups is 1. The highest BCUT2D eigenvalue weighted by molar-refractivity contribution is 7.89. The maximum absolute atomic E-state index is 13.5. The molecule has 2 aromatic carbocycles. The van der Waals surface area contributed by atoms with Gasteiger partial charge in [-0.3, -0.25) is 4.79 Å². The predicted octanol–water partition coefficient (Wildman–Crippen LogP) is 1.91. The first-order valence-corrected chi connectivity index (χ1v) is 11.5. The molecule has 0 aromatic heterocycles. The van der Waals surface area contributed by atoms with E-state index >= 15 is 0 Å². The minimum atomic E-state index is -4.18. The second kappa shape index (κ2) is 8.45. The summed E-state index contributed by atoms with van der Waals surface area (Å²) in [7, 11) is -3.01. The molecule has 2 aliphatic heterocycles. The molecule has 0 aliphatic carbocycles. The lowest BCUT2D eigenvalue weighted by Gasteiger charge is -2.40. The van der Waals surface area contributed by atoms with Crippen LogP contribution in [0.4, 0.5) is 0 Å². The summed E-state index contributed by atoms with van der Waals surface area (Å²) in [5.41, 5.74) is 0. The number of para-hydroxylation sites is 1. The molecule has 0 saturated carbocycles. The Morgan fingerprint density at radius 2 is 1.62 bits per heavy atom. The molecule has 2 fully saturated rings. The SMILES string of the molecule is COC(=O)[C@H]1[C@H]2OC(C)(C)O[C@@H]2[C@H](O)CN1S(=O)(=O)c1ccc(Oc2ccccc2)cc1. The molecule has 2 saturated heterocycles. The smallest absolute Gasteiger partial charge is 0.327 e. The van der Waals surface area contributed by atoms with Crippen molar-refractivity contribution in [3.63, 3.8) is 0 Å². The van der Waals surface area contributed by atoms with Gasteiger partial charge in [-0.2, -0.15) is 4.31 Å². The fourth-order valence-electron chi connectivity index (χ4n) is 3.98. The van der Waals surface area contributed by atoms with Gasteiger partial charge in [0.2, 0.25) is 10.0 Å². The summed E-state index contributed by atoms with van der Waals surface area (Å²) in [6.07, 6.45) is -3.06. The van der Waals surface area contributed by atoms with Gasteiger partial charge in [0.05, 0.1) is 18.1 Å². The van der Waals surface area contributed by atoms with Gasteiger partial charge in [-0.15, -0.1) is 0 Å². The van der Waals surface area contributed by atoms with Crippen LogP contribution in [0.2, 0.25) is 0 Å². The van der Waals surface area contributed by atoms with E-state index in [2.05, 4.69) is 0 Å². The Kier molecular flexibility index (Phi) is 5.99. The van der Waals surface area contributed by atoms with E-state index in [0.29, 0.717) is 11.5 Å². The Bertz CT molecular complexity index is 1070. The van der Waals surface area contributed by atoms with E-state index in [1.165, 1.54) is 31.4 Å². The third-order valence-electron chi connectivity index (χ3n) is 5.38.